The summed E-state index contributed by atoms with van der Waals surface area (Å²) < 4.78 is 21.8. The Morgan fingerprint density at radius 3 is 2.53 bits per heavy atom. The molecule has 0 aliphatic carbocycles. The Hall–Kier alpha value is -0.980. The SMILES string of the molecule is CS(=O)(=O)CC(=O)Nc1cc(Cl)cc(Cl)c1O. The van der Waals surface area contributed by atoms with Crippen LogP contribution in [0.5, 0.6) is 5.75 Å². The summed E-state index contributed by atoms with van der Waals surface area (Å²) in [5, 5.41) is 11.9. The van der Waals surface area contributed by atoms with Crippen molar-refractivity contribution in [2.75, 3.05) is 17.3 Å². The van der Waals surface area contributed by atoms with E-state index in [0.717, 1.165) is 6.26 Å². The molecule has 1 rings (SSSR count). The summed E-state index contributed by atoms with van der Waals surface area (Å²) in [6, 6.07) is 2.56. The van der Waals surface area contributed by atoms with Crippen molar-refractivity contribution in [1.29, 1.82) is 0 Å². The van der Waals surface area contributed by atoms with E-state index in [1.807, 2.05) is 0 Å². The molecule has 0 aliphatic rings. The van der Waals surface area contributed by atoms with Crippen molar-refractivity contribution >= 4 is 44.6 Å². The molecule has 94 valence electrons. The molecule has 0 bridgehead atoms. The number of benzene rings is 1. The van der Waals surface area contributed by atoms with Crippen LogP contribution in [0.25, 0.3) is 0 Å². The monoisotopic (exact) mass is 297 g/mol. The minimum atomic E-state index is -3.44. The number of halogens is 2. The van der Waals surface area contributed by atoms with Gasteiger partial charge in [0.2, 0.25) is 5.91 Å². The van der Waals surface area contributed by atoms with Crippen LogP contribution in [0.1, 0.15) is 0 Å². The molecule has 2 N–H and O–H groups in total. The molecule has 1 amide bonds. The van der Waals surface area contributed by atoms with Crippen LogP contribution in [0.4, 0.5) is 5.69 Å². The van der Waals surface area contributed by atoms with Gasteiger partial charge in [0.1, 0.15) is 5.75 Å². The number of anilines is 1. The zero-order valence-corrected chi connectivity index (χ0v) is 11.0. The third-order valence-corrected chi connectivity index (χ3v) is 2.99. The highest BCUT2D eigenvalue weighted by molar-refractivity contribution is 7.91. The number of rotatable bonds is 3. The number of hydrogen-bond acceptors (Lipinski definition) is 4. The summed E-state index contributed by atoms with van der Waals surface area (Å²) in [5.41, 5.74) is -0.0313. The normalized spacial score (nSPS) is 11.2. The van der Waals surface area contributed by atoms with E-state index in [1.54, 1.807) is 0 Å². The van der Waals surface area contributed by atoms with E-state index in [9.17, 15) is 18.3 Å². The first-order chi connectivity index (χ1) is 7.69. The van der Waals surface area contributed by atoms with Gasteiger partial charge in [-0.1, -0.05) is 23.2 Å². The molecule has 5 nitrogen and oxygen atoms in total. The summed E-state index contributed by atoms with van der Waals surface area (Å²) in [6.07, 6.45) is 0.928. The zero-order chi connectivity index (χ0) is 13.2. The van der Waals surface area contributed by atoms with Crippen LogP contribution in [-0.4, -0.2) is 31.4 Å². The average Bonchev–Trinajstić information content (AvgIpc) is 2.10. The fourth-order valence-electron chi connectivity index (χ4n) is 1.09. The van der Waals surface area contributed by atoms with E-state index in [4.69, 9.17) is 23.2 Å². The van der Waals surface area contributed by atoms with Gasteiger partial charge < -0.3 is 10.4 Å². The lowest BCUT2D eigenvalue weighted by atomic mass is 10.3. The van der Waals surface area contributed by atoms with Gasteiger partial charge in [-0.25, -0.2) is 8.42 Å². The summed E-state index contributed by atoms with van der Waals surface area (Å²) in [5.74, 6) is -1.82. The highest BCUT2D eigenvalue weighted by Crippen LogP contribution is 2.34. The van der Waals surface area contributed by atoms with Crippen LogP contribution in [-0.2, 0) is 14.6 Å². The number of carbonyl (C=O) groups is 1. The number of amides is 1. The van der Waals surface area contributed by atoms with Gasteiger partial charge in [0, 0.05) is 11.3 Å². The van der Waals surface area contributed by atoms with Gasteiger partial charge in [-0.15, -0.1) is 0 Å². The lowest BCUT2D eigenvalue weighted by Gasteiger charge is -2.08. The molecular formula is C9H9Cl2NO4S. The number of hydrogen-bond donors (Lipinski definition) is 2. The van der Waals surface area contributed by atoms with E-state index >= 15 is 0 Å². The smallest absolute Gasteiger partial charge is 0.239 e. The minimum absolute atomic E-state index is 0.0313. The summed E-state index contributed by atoms with van der Waals surface area (Å²) >= 11 is 11.3. The van der Waals surface area contributed by atoms with Crippen molar-refractivity contribution in [3.63, 3.8) is 0 Å². The lowest BCUT2D eigenvalue weighted by Crippen LogP contribution is -2.21. The van der Waals surface area contributed by atoms with Crippen LogP contribution in [0.15, 0.2) is 12.1 Å². The number of phenols is 1. The molecule has 8 heteroatoms. The fraction of sp³-hybridized carbons (Fsp3) is 0.222. The summed E-state index contributed by atoms with van der Waals surface area (Å²) in [4.78, 5) is 11.3. The van der Waals surface area contributed by atoms with Gasteiger partial charge in [0.05, 0.1) is 10.7 Å². The minimum Gasteiger partial charge on any atom is -0.504 e. The van der Waals surface area contributed by atoms with Gasteiger partial charge in [-0.3, -0.25) is 4.79 Å². The van der Waals surface area contributed by atoms with E-state index in [2.05, 4.69) is 5.32 Å². The van der Waals surface area contributed by atoms with Crippen LogP contribution in [0.3, 0.4) is 0 Å². The van der Waals surface area contributed by atoms with E-state index in [-0.39, 0.29) is 21.5 Å². The largest absolute Gasteiger partial charge is 0.504 e. The van der Waals surface area contributed by atoms with E-state index in [1.165, 1.54) is 12.1 Å². The molecule has 0 atom stereocenters. The maximum Gasteiger partial charge on any atom is 0.239 e. The summed E-state index contributed by atoms with van der Waals surface area (Å²) in [6.45, 7) is 0. The molecule has 1 aromatic rings. The van der Waals surface area contributed by atoms with Crippen molar-refractivity contribution in [2.45, 2.75) is 0 Å². The predicted octanol–water partition coefficient (Wildman–Crippen LogP) is 1.68. The van der Waals surface area contributed by atoms with E-state index in [0.29, 0.717) is 0 Å². The molecular weight excluding hydrogens is 289 g/mol. The molecule has 1 aromatic carbocycles. The highest BCUT2D eigenvalue weighted by atomic mass is 35.5. The zero-order valence-electron chi connectivity index (χ0n) is 8.70. The van der Waals surface area contributed by atoms with Gasteiger partial charge in [-0.2, -0.15) is 0 Å². The Bertz CT molecular complexity index is 556. The third-order valence-electron chi connectivity index (χ3n) is 1.70. The number of sulfone groups is 1. The number of carbonyl (C=O) groups excluding carboxylic acids is 1. The van der Waals surface area contributed by atoms with Crippen molar-refractivity contribution in [3.8, 4) is 5.75 Å². The Balaban J connectivity index is 2.93. The van der Waals surface area contributed by atoms with Crippen molar-refractivity contribution in [3.05, 3.63) is 22.2 Å². The molecule has 17 heavy (non-hydrogen) atoms. The molecule has 0 saturated carbocycles. The van der Waals surface area contributed by atoms with Crippen LogP contribution in [0, 0.1) is 0 Å². The molecule has 0 heterocycles. The second-order valence-corrected chi connectivity index (χ2v) is 6.39. The van der Waals surface area contributed by atoms with Gasteiger partial charge in [0.25, 0.3) is 0 Å². The van der Waals surface area contributed by atoms with Crippen molar-refractivity contribution < 1.29 is 18.3 Å². The molecule has 0 saturated heterocycles. The van der Waals surface area contributed by atoms with Crippen molar-refractivity contribution in [1.82, 2.24) is 0 Å². The maximum absolute atomic E-state index is 11.3. The van der Waals surface area contributed by atoms with Crippen molar-refractivity contribution in [2.24, 2.45) is 0 Å². The number of nitrogens with one attached hydrogen (secondary N) is 1. The second kappa shape index (κ2) is 5.12. The topological polar surface area (TPSA) is 83.5 Å². The Labute approximate surface area is 108 Å². The average molecular weight is 298 g/mol. The van der Waals surface area contributed by atoms with Gasteiger partial charge in [-0.05, 0) is 12.1 Å². The first-order valence-electron chi connectivity index (χ1n) is 4.34. The highest BCUT2D eigenvalue weighted by Gasteiger charge is 2.14. The molecule has 0 spiro atoms. The number of aromatic hydroxyl groups is 1. The number of phenolic OH excluding ortho intramolecular Hbond substituents is 1. The van der Waals surface area contributed by atoms with Crippen LogP contribution < -0.4 is 5.32 Å². The third kappa shape index (κ3) is 4.41. The fourth-order valence-corrected chi connectivity index (χ4v) is 2.13. The van der Waals surface area contributed by atoms with Gasteiger partial charge >= 0.3 is 0 Å². The molecule has 0 fully saturated rings. The lowest BCUT2D eigenvalue weighted by molar-refractivity contribution is -0.113. The summed E-state index contributed by atoms with van der Waals surface area (Å²) in [7, 11) is -3.44. The Kier molecular flexibility index (Phi) is 4.24. The van der Waals surface area contributed by atoms with Crippen LogP contribution in [0.2, 0.25) is 10.0 Å². The Morgan fingerprint density at radius 2 is 2.00 bits per heavy atom. The second-order valence-electron chi connectivity index (χ2n) is 3.40. The van der Waals surface area contributed by atoms with Crippen LogP contribution >= 0.6 is 23.2 Å². The van der Waals surface area contributed by atoms with Gasteiger partial charge in [0.15, 0.2) is 15.6 Å². The maximum atomic E-state index is 11.3. The van der Waals surface area contributed by atoms with E-state index < -0.39 is 21.5 Å². The Morgan fingerprint density at radius 1 is 1.41 bits per heavy atom. The molecule has 0 aromatic heterocycles. The molecule has 0 unspecified atom stereocenters. The predicted molar refractivity (Wildman–Crippen MR) is 66.5 cm³/mol. The molecule has 0 radical (unpaired) electrons. The first kappa shape index (κ1) is 14.1. The quantitative estimate of drug-likeness (QED) is 0.832. The molecule has 0 aliphatic heterocycles. The first-order valence-corrected chi connectivity index (χ1v) is 7.16. The standard InChI is InChI=1S/C9H9Cl2NO4S/c1-17(15,16)4-8(13)12-7-3-5(10)2-6(11)9(7)14/h2-3,14H,4H2,1H3,(H,12,13).